The maximum Gasteiger partial charge on any atom is 0.222 e. The molecule has 0 radical (unpaired) electrons. The first-order chi connectivity index (χ1) is 7.08. The molecule has 0 N–H and O–H groups in total. The summed E-state index contributed by atoms with van der Waals surface area (Å²) in [7, 11) is 0. The fraction of sp³-hybridized carbons (Fsp3) is 0.636. The van der Waals surface area contributed by atoms with Gasteiger partial charge in [-0.25, -0.2) is 9.97 Å². The van der Waals surface area contributed by atoms with Crippen LogP contribution in [0.15, 0.2) is 12.3 Å². The van der Waals surface area contributed by atoms with Gasteiger partial charge in [-0.05, 0) is 50.9 Å². The van der Waals surface area contributed by atoms with Crippen LogP contribution >= 0.6 is 11.6 Å². The molecule has 1 aliphatic rings. The highest BCUT2D eigenvalue weighted by Crippen LogP contribution is 2.29. The first-order valence-corrected chi connectivity index (χ1v) is 5.68. The molecule has 1 fully saturated rings. The van der Waals surface area contributed by atoms with E-state index in [1.54, 1.807) is 6.20 Å². The van der Waals surface area contributed by atoms with Crippen LogP contribution in [0, 0.1) is 0 Å². The number of nitrogens with zero attached hydrogens (tertiary/aromatic N) is 3. The average Bonchev–Trinajstić information content (AvgIpc) is 2.46. The lowest BCUT2D eigenvalue weighted by atomic mass is 10.0. The van der Waals surface area contributed by atoms with Crippen LogP contribution in [0.1, 0.15) is 32.4 Å². The second-order valence-electron chi connectivity index (χ2n) is 4.65. The van der Waals surface area contributed by atoms with Crippen LogP contribution in [0.25, 0.3) is 0 Å². The molecule has 1 aromatic heterocycles. The molecule has 82 valence electrons. The highest BCUT2D eigenvalue weighted by atomic mass is 35.5. The predicted molar refractivity (Wildman–Crippen MR) is 60.8 cm³/mol. The Bertz CT molecular complexity index is 351. The van der Waals surface area contributed by atoms with Gasteiger partial charge in [0, 0.05) is 18.3 Å². The van der Waals surface area contributed by atoms with Crippen molar-refractivity contribution >= 4 is 11.6 Å². The highest BCUT2D eigenvalue weighted by molar-refractivity contribution is 6.28. The number of hydrogen-bond donors (Lipinski definition) is 0. The molecule has 0 atom stereocenters. The molecule has 0 unspecified atom stereocenters. The van der Waals surface area contributed by atoms with Crippen molar-refractivity contribution in [1.29, 1.82) is 0 Å². The summed E-state index contributed by atoms with van der Waals surface area (Å²) < 4.78 is 0. The van der Waals surface area contributed by atoms with E-state index in [-0.39, 0.29) is 5.54 Å². The minimum absolute atomic E-state index is 0.289. The normalized spacial score (nSPS) is 20.7. The van der Waals surface area contributed by atoms with Crippen molar-refractivity contribution in [3.05, 3.63) is 23.2 Å². The third-order valence-electron chi connectivity index (χ3n) is 3.11. The van der Waals surface area contributed by atoms with Gasteiger partial charge < -0.3 is 0 Å². The molecule has 0 aliphatic carbocycles. The lowest BCUT2D eigenvalue weighted by Gasteiger charge is -2.31. The zero-order chi connectivity index (χ0) is 10.9. The summed E-state index contributed by atoms with van der Waals surface area (Å²) in [5, 5.41) is 0.338. The molecule has 0 spiro atoms. The van der Waals surface area contributed by atoms with Gasteiger partial charge in [0.1, 0.15) is 0 Å². The molecule has 2 rings (SSSR count). The van der Waals surface area contributed by atoms with Crippen LogP contribution in [0.4, 0.5) is 0 Å². The van der Waals surface area contributed by atoms with E-state index in [2.05, 4.69) is 28.7 Å². The smallest absolute Gasteiger partial charge is 0.222 e. The molecule has 0 aromatic carbocycles. The van der Waals surface area contributed by atoms with Crippen molar-refractivity contribution in [2.75, 3.05) is 6.54 Å². The number of aromatic nitrogens is 2. The Kier molecular flexibility index (Phi) is 2.94. The Morgan fingerprint density at radius 1 is 1.53 bits per heavy atom. The van der Waals surface area contributed by atoms with Gasteiger partial charge in [-0.15, -0.1) is 0 Å². The van der Waals surface area contributed by atoms with Crippen LogP contribution in [0.3, 0.4) is 0 Å². The topological polar surface area (TPSA) is 29.0 Å². The second kappa shape index (κ2) is 4.06. The van der Waals surface area contributed by atoms with Crippen LogP contribution < -0.4 is 0 Å². The van der Waals surface area contributed by atoms with Crippen molar-refractivity contribution in [2.45, 2.75) is 38.8 Å². The lowest BCUT2D eigenvalue weighted by molar-refractivity contribution is 0.164. The van der Waals surface area contributed by atoms with E-state index in [1.807, 2.05) is 6.07 Å². The molecule has 0 bridgehead atoms. The van der Waals surface area contributed by atoms with Gasteiger partial charge in [-0.3, -0.25) is 4.90 Å². The minimum atomic E-state index is 0.289. The molecule has 4 heteroatoms. The Morgan fingerprint density at radius 3 is 2.93 bits per heavy atom. The number of rotatable bonds is 2. The zero-order valence-electron chi connectivity index (χ0n) is 9.20. The molecule has 15 heavy (non-hydrogen) atoms. The SMILES string of the molecule is CC1(C)CCCN1Cc1ccnc(Cl)n1. The van der Waals surface area contributed by atoms with E-state index in [9.17, 15) is 0 Å². The molecule has 0 amide bonds. The highest BCUT2D eigenvalue weighted by Gasteiger charge is 2.31. The predicted octanol–water partition coefficient (Wildman–Crippen LogP) is 2.50. The van der Waals surface area contributed by atoms with Crippen LogP contribution in [0.2, 0.25) is 5.28 Å². The molecule has 3 nitrogen and oxygen atoms in total. The van der Waals surface area contributed by atoms with Gasteiger partial charge in [0.15, 0.2) is 0 Å². The van der Waals surface area contributed by atoms with E-state index in [0.717, 1.165) is 18.8 Å². The van der Waals surface area contributed by atoms with E-state index in [1.165, 1.54) is 12.8 Å². The molecular weight excluding hydrogens is 210 g/mol. The quantitative estimate of drug-likeness (QED) is 0.725. The van der Waals surface area contributed by atoms with Crippen molar-refractivity contribution in [1.82, 2.24) is 14.9 Å². The van der Waals surface area contributed by atoms with Gasteiger partial charge in [-0.2, -0.15) is 0 Å². The van der Waals surface area contributed by atoms with Gasteiger partial charge in [-0.1, -0.05) is 0 Å². The minimum Gasteiger partial charge on any atom is -0.292 e. The summed E-state index contributed by atoms with van der Waals surface area (Å²) >= 11 is 5.76. The Labute approximate surface area is 95.5 Å². The van der Waals surface area contributed by atoms with E-state index in [0.29, 0.717) is 5.28 Å². The van der Waals surface area contributed by atoms with Gasteiger partial charge >= 0.3 is 0 Å². The Balaban J connectivity index is 2.09. The molecule has 1 aromatic rings. The van der Waals surface area contributed by atoms with Crippen LogP contribution in [-0.2, 0) is 6.54 Å². The zero-order valence-corrected chi connectivity index (χ0v) is 9.96. The maximum absolute atomic E-state index is 5.76. The van der Waals surface area contributed by atoms with Crippen LogP contribution in [-0.4, -0.2) is 27.0 Å². The van der Waals surface area contributed by atoms with Crippen LogP contribution in [0.5, 0.6) is 0 Å². The summed E-state index contributed by atoms with van der Waals surface area (Å²) in [5.41, 5.74) is 1.29. The molecule has 1 saturated heterocycles. The van der Waals surface area contributed by atoms with Crippen molar-refractivity contribution in [3.63, 3.8) is 0 Å². The Morgan fingerprint density at radius 2 is 2.33 bits per heavy atom. The maximum atomic E-state index is 5.76. The molecule has 1 aliphatic heterocycles. The standard InChI is InChI=1S/C11H16ClN3/c1-11(2)5-3-7-15(11)8-9-4-6-13-10(12)14-9/h4,6H,3,5,7-8H2,1-2H3. The van der Waals surface area contributed by atoms with Crippen molar-refractivity contribution in [2.24, 2.45) is 0 Å². The molecular formula is C11H16ClN3. The number of likely N-dealkylation sites (tertiary alicyclic amines) is 1. The fourth-order valence-electron chi connectivity index (χ4n) is 2.11. The van der Waals surface area contributed by atoms with Gasteiger partial charge in [0.05, 0.1) is 5.69 Å². The third-order valence-corrected chi connectivity index (χ3v) is 3.29. The largest absolute Gasteiger partial charge is 0.292 e. The lowest BCUT2D eigenvalue weighted by Crippen LogP contribution is -2.37. The summed E-state index contributed by atoms with van der Waals surface area (Å²) in [4.78, 5) is 10.6. The summed E-state index contributed by atoms with van der Waals surface area (Å²) in [6.45, 7) is 6.58. The van der Waals surface area contributed by atoms with E-state index in [4.69, 9.17) is 11.6 Å². The first kappa shape index (κ1) is 10.8. The summed E-state index contributed by atoms with van der Waals surface area (Å²) in [6, 6.07) is 1.93. The van der Waals surface area contributed by atoms with E-state index >= 15 is 0 Å². The first-order valence-electron chi connectivity index (χ1n) is 5.30. The van der Waals surface area contributed by atoms with Gasteiger partial charge in [0.25, 0.3) is 0 Å². The van der Waals surface area contributed by atoms with Gasteiger partial charge in [0.2, 0.25) is 5.28 Å². The van der Waals surface area contributed by atoms with E-state index < -0.39 is 0 Å². The fourth-order valence-corrected chi connectivity index (χ4v) is 2.27. The number of halogens is 1. The van der Waals surface area contributed by atoms with Crippen molar-refractivity contribution < 1.29 is 0 Å². The second-order valence-corrected chi connectivity index (χ2v) is 4.99. The number of hydrogen-bond acceptors (Lipinski definition) is 3. The molecule has 0 saturated carbocycles. The average molecular weight is 226 g/mol. The monoisotopic (exact) mass is 225 g/mol. The molecule has 2 heterocycles. The third kappa shape index (κ3) is 2.47. The summed E-state index contributed by atoms with van der Waals surface area (Å²) in [5.74, 6) is 0. The summed E-state index contributed by atoms with van der Waals surface area (Å²) in [6.07, 6.45) is 4.24. The Hall–Kier alpha value is -0.670. The van der Waals surface area contributed by atoms with Crippen molar-refractivity contribution in [3.8, 4) is 0 Å².